The van der Waals surface area contributed by atoms with Gasteiger partial charge in [0.05, 0.1) is 44.8 Å². The van der Waals surface area contributed by atoms with Crippen LogP contribution < -0.4 is 0 Å². The second-order valence-corrected chi connectivity index (χ2v) is 18.7. The molecule has 346 valence electrons. The quantitative estimate of drug-likeness (QED) is 0.145. The summed E-state index contributed by atoms with van der Waals surface area (Å²) in [5.74, 6) is 1.38. The van der Waals surface area contributed by atoms with Gasteiger partial charge in [0.2, 0.25) is 0 Å². The maximum absolute atomic E-state index is 5.09. The van der Waals surface area contributed by atoms with Crippen LogP contribution in [0.3, 0.4) is 0 Å². The monoisotopic (exact) mass is 944 g/mol. The van der Waals surface area contributed by atoms with E-state index in [1.165, 1.54) is 21.5 Å². The maximum Gasteiger partial charge on any atom is 0.160 e. The van der Waals surface area contributed by atoms with Crippen molar-refractivity contribution in [3.05, 3.63) is 267 Å². The molecule has 4 heterocycles. The predicted octanol–water partition coefficient (Wildman–Crippen LogP) is 17.1. The van der Waals surface area contributed by atoms with Crippen LogP contribution in [0.1, 0.15) is 0 Å². The molecule has 0 aliphatic heterocycles. The Kier molecular flexibility index (Phi) is 10.4. The second kappa shape index (κ2) is 18.0. The third-order valence-electron chi connectivity index (χ3n) is 14.2. The lowest BCUT2D eigenvalue weighted by Gasteiger charge is -2.12. The fourth-order valence-electron chi connectivity index (χ4n) is 10.6. The summed E-state index contributed by atoms with van der Waals surface area (Å²) in [5.41, 5.74) is 18.8. The topological polar surface area (TPSA) is 61.4 Å². The number of hydrogen-bond donors (Lipinski definition) is 0. The van der Waals surface area contributed by atoms with Gasteiger partial charge in [0, 0.05) is 66.3 Å². The van der Waals surface area contributed by atoms with Gasteiger partial charge in [-0.3, -0.25) is 0 Å². The molecule has 4 aromatic heterocycles. The van der Waals surface area contributed by atoms with Crippen molar-refractivity contribution >= 4 is 43.6 Å². The Labute approximate surface area is 427 Å². The predicted molar refractivity (Wildman–Crippen MR) is 304 cm³/mol. The van der Waals surface area contributed by atoms with Crippen LogP contribution in [0, 0.1) is 0 Å². The molecule has 0 amide bonds. The van der Waals surface area contributed by atoms with Crippen molar-refractivity contribution in [1.29, 1.82) is 0 Å². The zero-order valence-corrected chi connectivity index (χ0v) is 40.1. The van der Waals surface area contributed by atoms with Crippen LogP contribution in [0.25, 0.3) is 134 Å². The third kappa shape index (κ3) is 7.61. The number of fused-ring (bicyclic) bond motifs is 6. The lowest BCUT2D eigenvalue weighted by molar-refractivity contribution is 1.16. The van der Waals surface area contributed by atoms with E-state index in [1.54, 1.807) is 0 Å². The van der Waals surface area contributed by atoms with Gasteiger partial charge in [-0.1, -0.05) is 170 Å². The molecule has 0 N–H and O–H groups in total. The van der Waals surface area contributed by atoms with Crippen molar-refractivity contribution in [3.8, 4) is 90.3 Å². The molecule has 0 radical (unpaired) electrons. The first-order valence-electron chi connectivity index (χ1n) is 25.0. The molecule has 0 saturated carbocycles. The lowest BCUT2D eigenvalue weighted by atomic mass is 10.0. The SMILES string of the molecule is c1ccc(-c2cc(-c3ccccc3)nc(-c3ccc(-n4c5ccccc5c5cc(-c6ccc7c(c6)c6ccccc6n7-c6ccc(-c7nc(-c8ccccc8)cc(-c8ccccc8)n7)cc6)ccc54)cc3)n2)cc1. The highest BCUT2D eigenvalue weighted by molar-refractivity contribution is 6.12. The van der Waals surface area contributed by atoms with Crippen LogP contribution in [0.15, 0.2) is 267 Å². The molecule has 10 aromatic carbocycles. The number of aromatic nitrogens is 6. The zero-order chi connectivity index (χ0) is 49.0. The molecular formula is C68H44N6. The molecular weight excluding hydrogens is 901 g/mol. The molecule has 0 aliphatic carbocycles. The summed E-state index contributed by atoms with van der Waals surface area (Å²) in [6, 6.07) is 94.0. The highest BCUT2D eigenvalue weighted by atomic mass is 15.0. The van der Waals surface area contributed by atoms with Crippen molar-refractivity contribution < 1.29 is 0 Å². The van der Waals surface area contributed by atoms with Crippen molar-refractivity contribution in [2.45, 2.75) is 0 Å². The van der Waals surface area contributed by atoms with Crippen LogP contribution in [0.2, 0.25) is 0 Å². The summed E-state index contributed by atoms with van der Waals surface area (Å²) in [6.07, 6.45) is 0. The Hall–Kier alpha value is -10.0. The number of nitrogens with zero attached hydrogens (tertiary/aromatic N) is 6. The third-order valence-corrected chi connectivity index (χ3v) is 14.2. The summed E-state index contributed by atoms with van der Waals surface area (Å²) in [4.78, 5) is 20.4. The lowest BCUT2D eigenvalue weighted by Crippen LogP contribution is -1.97. The summed E-state index contributed by atoms with van der Waals surface area (Å²) in [6.45, 7) is 0. The smallest absolute Gasteiger partial charge is 0.160 e. The zero-order valence-electron chi connectivity index (χ0n) is 40.1. The molecule has 0 bridgehead atoms. The van der Waals surface area contributed by atoms with E-state index in [0.29, 0.717) is 11.6 Å². The van der Waals surface area contributed by atoms with Crippen molar-refractivity contribution in [2.75, 3.05) is 0 Å². The maximum atomic E-state index is 5.09. The Morgan fingerprint density at radius 3 is 0.824 bits per heavy atom. The molecule has 0 saturated heterocycles. The van der Waals surface area contributed by atoms with Crippen LogP contribution >= 0.6 is 0 Å². The van der Waals surface area contributed by atoms with Crippen molar-refractivity contribution in [3.63, 3.8) is 0 Å². The van der Waals surface area contributed by atoms with Gasteiger partial charge >= 0.3 is 0 Å². The average Bonchev–Trinajstić information content (AvgIpc) is 4.02. The van der Waals surface area contributed by atoms with Gasteiger partial charge in [-0.15, -0.1) is 0 Å². The van der Waals surface area contributed by atoms with E-state index in [0.717, 1.165) is 101 Å². The van der Waals surface area contributed by atoms with Crippen molar-refractivity contribution in [2.24, 2.45) is 0 Å². The summed E-state index contributed by atoms with van der Waals surface area (Å²) < 4.78 is 4.73. The Balaban J connectivity index is 0.814. The molecule has 14 rings (SSSR count). The van der Waals surface area contributed by atoms with E-state index in [-0.39, 0.29) is 0 Å². The van der Waals surface area contributed by atoms with Gasteiger partial charge in [-0.25, -0.2) is 19.9 Å². The largest absolute Gasteiger partial charge is 0.309 e. The van der Waals surface area contributed by atoms with Crippen molar-refractivity contribution in [1.82, 2.24) is 29.1 Å². The van der Waals surface area contributed by atoms with Gasteiger partial charge in [0.15, 0.2) is 11.6 Å². The van der Waals surface area contributed by atoms with Gasteiger partial charge in [0.25, 0.3) is 0 Å². The van der Waals surface area contributed by atoms with Crippen LogP contribution in [-0.2, 0) is 0 Å². The molecule has 74 heavy (non-hydrogen) atoms. The molecule has 0 unspecified atom stereocenters. The molecule has 6 heteroatoms. The molecule has 0 fully saturated rings. The fourth-order valence-corrected chi connectivity index (χ4v) is 10.6. The molecule has 0 spiro atoms. The molecule has 6 nitrogen and oxygen atoms in total. The Bertz CT molecular complexity index is 3970. The number of benzene rings is 10. The standard InChI is InChI=1S/C68H44N6/c1-5-17-45(18-6-1)59-43-60(46-19-7-2-8-20-46)70-67(69-59)49-29-35-53(36-30-49)73-63-27-15-13-25-55(63)57-41-51(33-39-65(57)73)52-34-40-66-58(42-52)56-26-14-16-28-64(56)74(66)54-37-31-50(32-38-54)68-71-61(47-21-9-3-10-22-47)44-62(72-68)48-23-11-4-12-24-48/h1-44H. The Morgan fingerprint density at radius 1 is 0.203 bits per heavy atom. The number of rotatable bonds is 9. The first-order valence-corrected chi connectivity index (χ1v) is 25.0. The van der Waals surface area contributed by atoms with Crippen LogP contribution in [-0.4, -0.2) is 29.1 Å². The average molecular weight is 945 g/mol. The highest BCUT2D eigenvalue weighted by Gasteiger charge is 2.18. The summed E-state index contributed by atoms with van der Waals surface area (Å²) in [5, 5.41) is 4.81. The summed E-state index contributed by atoms with van der Waals surface area (Å²) >= 11 is 0. The van der Waals surface area contributed by atoms with E-state index in [1.807, 2.05) is 72.8 Å². The van der Waals surface area contributed by atoms with Gasteiger partial charge in [-0.2, -0.15) is 0 Å². The van der Waals surface area contributed by atoms with Crippen LogP contribution in [0.4, 0.5) is 0 Å². The minimum Gasteiger partial charge on any atom is -0.309 e. The molecule has 14 aromatic rings. The highest BCUT2D eigenvalue weighted by Crippen LogP contribution is 2.39. The van der Waals surface area contributed by atoms with E-state index < -0.39 is 0 Å². The normalized spacial score (nSPS) is 11.5. The first kappa shape index (κ1) is 42.8. The summed E-state index contributed by atoms with van der Waals surface area (Å²) in [7, 11) is 0. The molecule has 0 aliphatic rings. The fraction of sp³-hybridized carbons (Fsp3) is 0. The molecule has 0 atom stereocenters. The van der Waals surface area contributed by atoms with Gasteiger partial charge in [0.1, 0.15) is 0 Å². The van der Waals surface area contributed by atoms with Gasteiger partial charge in [-0.05, 0) is 108 Å². The minimum atomic E-state index is 0.690. The Morgan fingerprint density at radius 2 is 0.486 bits per heavy atom. The van der Waals surface area contributed by atoms with E-state index in [2.05, 4.69) is 203 Å². The van der Waals surface area contributed by atoms with E-state index >= 15 is 0 Å². The second-order valence-electron chi connectivity index (χ2n) is 18.7. The minimum absolute atomic E-state index is 0.690. The van der Waals surface area contributed by atoms with E-state index in [9.17, 15) is 0 Å². The first-order chi connectivity index (χ1) is 36.7. The van der Waals surface area contributed by atoms with Crippen LogP contribution in [0.5, 0.6) is 0 Å². The van der Waals surface area contributed by atoms with Gasteiger partial charge < -0.3 is 9.13 Å². The van der Waals surface area contributed by atoms with E-state index in [4.69, 9.17) is 19.9 Å². The number of hydrogen-bond acceptors (Lipinski definition) is 4. The number of para-hydroxylation sites is 2.